The summed E-state index contributed by atoms with van der Waals surface area (Å²) < 4.78 is 29.0. The smallest absolute Gasteiger partial charge is 0.164 e. The molecule has 0 spiro atoms. The monoisotopic (exact) mass is 499 g/mol. The number of aromatic amines is 1. The van der Waals surface area contributed by atoms with E-state index in [1.165, 1.54) is 0 Å². The SMILES string of the molecule is Cc1cc(Nc2nc(CC3CCN(Cc4cccc(Cl)c4F)CC3)c(F)c(Cl)c2Cl)n[nH]1. The quantitative estimate of drug-likeness (QED) is 0.403. The first kappa shape index (κ1) is 23.2. The van der Waals surface area contributed by atoms with Gasteiger partial charge in [-0.3, -0.25) is 10.00 Å². The van der Waals surface area contributed by atoms with Gasteiger partial charge in [0.25, 0.3) is 0 Å². The summed E-state index contributed by atoms with van der Waals surface area (Å²) in [7, 11) is 0. The molecule has 2 aromatic heterocycles. The van der Waals surface area contributed by atoms with Gasteiger partial charge in [0.05, 0.1) is 10.7 Å². The van der Waals surface area contributed by atoms with Gasteiger partial charge in [-0.15, -0.1) is 0 Å². The molecule has 0 radical (unpaired) electrons. The van der Waals surface area contributed by atoms with Crippen molar-refractivity contribution in [3.63, 3.8) is 0 Å². The summed E-state index contributed by atoms with van der Waals surface area (Å²) in [5, 5.41) is 9.90. The second-order valence-electron chi connectivity index (χ2n) is 8.05. The Hall–Kier alpha value is -1.93. The van der Waals surface area contributed by atoms with Crippen LogP contribution in [0.25, 0.3) is 0 Å². The zero-order valence-electron chi connectivity index (χ0n) is 17.4. The average Bonchev–Trinajstić information content (AvgIpc) is 3.19. The fourth-order valence-electron chi connectivity index (χ4n) is 3.92. The fraction of sp³-hybridized carbons (Fsp3) is 0.364. The van der Waals surface area contributed by atoms with Gasteiger partial charge in [-0.2, -0.15) is 5.10 Å². The lowest BCUT2D eigenvalue weighted by molar-refractivity contribution is 0.174. The number of nitrogens with zero attached hydrogens (tertiary/aromatic N) is 3. The molecule has 1 aliphatic heterocycles. The number of anilines is 2. The molecule has 3 heterocycles. The summed E-state index contributed by atoms with van der Waals surface area (Å²) in [6.45, 7) is 3.91. The van der Waals surface area contributed by atoms with Crippen LogP contribution in [0, 0.1) is 24.5 Å². The maximum absolute atomic E-state index is 14.8. The second kappa shape index (κ2) is 9.91. The highest BCUT2D eigenvalue weighted by atomic mass is 35.5. The molecule has 170 valence electrons. The van der Waals surface area contributed by atoms with Crippen LogP contribution in [0.5, 0.6) is 0 Å². The first-order chi connectivity index (χ1) is 15.3. The third kappa shape index (κ3) is 5.17. The zero-order valence-corrected chi connectivity index (χ0v) is 19.6. The predicted molar refractivity (Wildman–Crippen MR) is 124 cm³/mol. The maximum atomic E-state index is 14.8. The number of benzene rings is 1. The lowest BCUT2D eigenvalue weighted by Crippen LogP contribution is -2.34. The minimum atomic E-state index is -0.594. The van der Waals surface area contributed by atoms with E-state index in [4.69, 9.17) is 34.8 Å². The third-order valence-electron chi connectivity index (χ3n) is 5.66. The van der Waals surface area contributed by atoms with E-state index < -0.39 is 5.82 Å². The van der Waals surface area contributed by atoms with E-state index in [2.05, 4.69) is 25.4 Å². The minimum absolute atomic E-state index is 0.0203. The molecule has 0 atom stereocenters. The molecule has 0 bridgehead atoms. The number of hydrogen-bond acceptors (Lipinski definition) is 4. The molecule has 1 aromatic carbocycles. The van der Waals surface area contributed by atoms with Gasteiger partial charge in [-0.05, 0) is 51.3 Å². The number of halogens is 5. The van der Waals surface area contributed by atoms with Crippen molar-refractivity contribution in [2.45, 2.75) is 32.7 Å². The van der Waals surface area contributed by atoms with Gasteiger partial charge in [0.2, 0.25) is 0 Å². The predicted octanol–water partition coefficient (Wildman–Crippen LogP) is 6.55. The van der Waals surface area contributed by atoms with Gasteiger partial charge in [0.1, 0.15) is 15.9 Å². The molecule has 10 heteroatoms. The molecule has 1 fully saturated rings. The molecule has 2 N–H and O–H groups in total. The van der Waals surface area contributed by atoms with Crippen molar-refractivity contribution in [2.75, 3.05) is 18.4 Å². The van der Waals surface area contributed by atoms with Gasteiger partial charge in [0, 0.05) is 23.9 Å². The lowest BCUT2D eigenvalue weighted by atomic mass is 9.91. The Morgan fingerprint density at radius 2 is 1.88 bits per heavy atom. The van der Waals surface area contributed by atoms with Crippen molar-refractivity contribution in [2.24, 2.45) is 5.92 Å². The molecule has 1 saturated heterocycles. The Bertz CT molecular complexity index is 1110. The molecule has 1 aliphatic rings. The average molecular weight is 501 g/mol. The van der Waals surface area contributed by atoms with E-state index in [0.717, 1.165) is 31.6 Å². The van der Waals surface area contributed by atoms with Crippen LogP contribution in [0.2, 0.25) is 15.1 Å². The number of piperidine rings is 1. The van der Waals surface area contributed by atoms with Crippen LogP contribution >= 0.6 is 34.8 Å². The van der Waals surface area contributed by atoms with Crippen LogP contribution in [0.4, 0.5) is 20.4 Å². The molecule has 0 amide bonds. The number of aryl methyl sites for hydroxylation is 1. The molecule has 3 aromatic rings. The zero-order chi connectivity index (χ0) is 22.8. The summed E-state index contributed by atoms with van der Waals surface area (Å²) in [6.07, 6.45) is 2.12. The third-order valence-corrected chi connectivity index (χ3v) is 6.77. The summed E-state index contributed by atoms with van der Waals surface area (Å²) in [4.78, 5) is 6.58. The Labute approximate surface area is 200 Å². The summed E-state index contributed by atoms with van der Waals surface area (Å²) in [5.74, 6) is 0.0602. The number of nitrogens with one attached hydrogen (secondary N) is 2. The van der Waals surface area contributed by atoms with Crippen molar-refractivity contribution in [1.82, 2.24) is 20.1 Å². The Kier molecular flexibility index (Phi) is 7.20. The molecule has 4 rings (SSSR count). The fourth-order valence-corrected chi connectivity index (χ4v) is 4.48. The molecule has 0 unspecified atom stereocenters. The van der Waals surface area contributed by atoms with E-state index in [0.29, 0.717) is 24.3 Å². The van der Waals surface area contributed by atoms with E-state index in [-0.39, 0.29) is 38.3 Å². The van der Waals surface area contributed by atoms with Crippen LogP contribution in [-0.4, -0.2) is 33.2 Å². The van der Waals surface area contributed by atoms with Crippen molar-refractivity contribution in [3.05, 3.63) is 67.9 Å². The van der Waals surface area contributed by atoms with Gasteiger partial charge >= 0.3 is 0 Å². The minimum Gasteiger partial charge on any atom is -0.322 e. The number of H-pyrrole nitrogens is 1. The first-order valence-electron chi connectivity index (χ1n) is 10.3. The summed E-state index contributed by atoms with van der Waals surface area (Å²) in [5.41, 5.74) is 1.72. The standard InChI is InChI=1S/C22H22Cl3F2N5/c1-12-9-17(31-30-12)29-22-19(25)18(24)21(27)16(28-22)10-13-5-7-32(8-6-13)11-14-3-2-4-15(23)20(14)26/h2-4,9,13H,5-8,10-11H2,1H3,(H2,28,29,30,31). The molecular weight excluding hydrogens is 479 g/mol. The van der Waals surface area contributed by atoms with Gasteiger partial charge < -0.3 is 5.32 Å². The van der Waals surface area contributed by atoms with E-state index in [9.17, 15) is 8.78 Å². The van der Waals surface area contributed by atoms with Crippen LogP contribution in [0.1, 0.15) is 29.8 Å². The topological polar surface area (TPSA) is 56.8 Å². The Balaban J connectivity index is 1.41. The van der Waals surface area contributed by atoms with Crippen molar-refractivity contribution >= 4 is 46.4 Å². The highest BCUT2D eigenvalue weighted by Crippen LogP contribution is 2.35. The number of hydrogen-bond donors (Lipinski definition) is 2. The van der Waals surface area contributed by atoms with E-state index >= 15 is 0 Å². The second-order valence-corrected chi connectivity index (χ2v) is 9.21. The van der Waals surface area contributed by atoms with E-state index in [1.807, 2.05) is 6.92 Å². The van der Waals surface area contributed by atoms with E-state index in [1.54, 1.807) is 24.3 Å². The molecular formula is C22H22Cl3F2N5. The number of rotatable bonds is 6. The first-order valence-corrected chi connectivity index (χ1v) is 11.4. The van der Waals surface area contributed by atoms with Crippen LogP contribution in [0.3, 0.4) is 0 Å². The summed E-state index contributed by atoms with van der Waals surface area (Å²) in [6, 6.07) is 6.83. The van der Waals surface area contributed by atoms with Crippen LogP contribution < -0.4 is 5.32 Å². The lowest BCUT2D eigenvalue weighted by Gasteiger charge is -2.32. The molecule has 0 saturated carbocycles. The van der Waals surface area contributed by atoms with Gasteiger partial charge in [-0.1, -0.05) is 46.9 Å². The van der Waals surface area contributed by atoms with Gasteiger partial charge in [0.15, 0.2) is 17.5 Å². The number of aromatic nitrogens is 3. The Morgan fingerprint density at radius 1 is 1.12 bits per heavy atom. The van der Waals surface area contributed by atoms with Crippen molar-refractivity contribution in [1.29, 1.82) is 0 Å². The highest BCUT2D eigenvalue weighted by Gasteiger charge is 2.25. The normalized spacial score (nSPS) is 15.3. The maximum Gasteiger partial charge on any atom is 0.164 e. The molecule has 5 nitrogen and oxygen atoms in total. The highest BCUT2D eigenvalue weighted by molar-refractivity contribution is 6.43. The Morgan fingerprint density at radius 3 is 2.56 bits per heavy atom. The van der Waals surface area contributed by atoms with Crippen molar-refractivity contribution in [3.8, 4) is 0 Å². The van der Waals surface area contributed by atoms with Crippen LogP contribution in [0.15, 0.2) is 24.3 Å². The van der Waals surface area contributed by atoms with Crippen molar-refractivity contribution < 1.29 is 8.78 Å². The molecule has 32 heavy (non-hydrogen) atoms. The van der Waals surface area contributed by atoms with Crippen LogP contribution in [-0.2, 0) is 13.0 Å². The van der Waals surface area contributed by atoms with Gasteiger partial charge in [-0.25, -0.2) is 13.8 Å². The number of pyridine rings is 1. The number of likely N-dealkylation sites (tertiary alicyclic amines) is 1. The molecule has 0 aliphatic carbocycles. The summed E-state index contributed by atoms with van der Waals surface area (Å²) >= 11 is 18.2. The largest absolute Gasteiger partial charge is 0.322 e.